The molecule has 122 valence electrons. The second-order valence-electron chi connectivity index (χ2n) is 5.84. The number of amides is 1. The third kappa shape index (κ3) is 4.16. The lowest BCUT2D eigenvalue weighted by Gasteiger charge is -2.30. The van der Waals surface area contributed by atoms with Gasteiger partial charge in [0.2, 0.25) is 0 Å². The predicted octanol–water partition coefficient (Wildman–Crippen LogP) is 3.00. The van der Waals surface area contributed by atoms with Gasteiger partial charge in [-0.15, -0.1) is 0 Å². The lowest BCUT2D eigenvalue weighted by molar-refractivity contribution is 0.0817. The minimum atomic E-state index is -1.48. The molecule has 0 radical (unpaired) electrons. The molecule has 1 unspecified atom stereocenters. The second kappa shape index (κ2) is 7.54. The molecule has 6 heteroatoms. The molecule has 0 saturated heterocycles. The standard InChI is InChI=1S/C16H21F2NO3/c17-14-7-12(8-15(14)18)6-13(10-20)19(16(21)22)9-11-4-2-1-3-5-11/h1-5,12-15,20H,6-10H2,(H,21,22)/t12?,13-,14-,15+/m0/s1. The summed E-state index contributed by atoms with van der Waals surface area (Å²) >= 11 is 0. The van der Waals surface area contributed by atoms with Gasteiger partial charge in [0.15, 0.2) is 0 Å². The summed E-state index contributed by atoms with van der Waals surface area (Å²) in [6.07, 6.45) is -3.63. The van der Waals surface area contributed by atoms with Crippen LogP contribution >= 0.6 is 0 Å². The van der Waals surface area contributed by atoms with Crippen LogP contribution in [-0.2, 0) is 6.54 Å². The third-order valence-electron chi connectivity index (χ3n) is 4.21. The van der Waals surface area contributed by atoms with Crippen molar-refractivity contribution < 1.29 is 23.8 Å². The summed E-state index contributed by atoms with van der Waals surface area (Å²) in [5, 5.41) is 18.9. The molecule has 0 bridgehead atoms. The molecule has 1 aromatic rings. The van der Waals surface area contributed by atoms with Crippen molar-refractivity contribution in [2.75, 3.05) is 6.61 Å². The van der Waals surface area contributed by atoms with E-state index in [1.165, 1.54) is 0 Å². The van der Waals surface area contributed by atoms with Gasteiger partial charge in [-0.25, -0.2) is 13.6 Å². The van der Waals surface area contributed by atoms with Crippen molar-refractivity contribution in [2.24, 2.45) is 5.92 Å². The van der Waals surface area contributed by atoms with Crippen LogP contribution in [0.15, 0.2) is 30.3 Å². The Morgan fingerprint density at radius 2 is 1.82 bits per heavy atom. The molecule has 1 saturated carbocycles. The van der Waals surface area contributed by atoms with Gasteiger partial charge in [0.05, 0.1) is 12.6 Å². The van der Waals surface area contributed by atoms with Crippen LogP contribution in [-0.4, -0.2) is 46.2 Å². The van der Waals surface area contributed by atoms with E-state index >= 15 is 0 Å². The molecule has 2 rings (SSSR count). The van der Waals surface area contributed by atoms with Crippen molar-refractivity contribution in [2.45, 2.75) is 44.2 Å². The normalized spacial score (nSPS) is 25.9. The Morgan fingerprint density at radius 3 is 2.32 bits per heavy atom. The number of aliphatic hydroxyl groups is 1. The van der Waals surface area contributed by atoms with E-state index in [1.54, 1.807) is 12.1 Å². The number of benzene rings is 1. The average Bonchev–Trinajstić information content (AvgIpc) is 2.82. The van der Waals surface area contributed by atoms with Gasteiger partial charge in [-0.3, -0.25) is 4.90 Å². The Hall–Kier alpha value is -1.69. The van der Waals surface area contributed by atoms with Gasteiger partial charge < -0.3 is 10.2 Å². The summed E-state index contributed by atoms with van der Waals surface area (Å²) in [6.45, 7) is -0.213. The molecule has 0 aromatic heterocycles. The predicted molar refractivity (Wildman–Crippen MR) is 78.0 cm³/mol. The Bertz CT molecular complexity index is 476. The topological polar surface area (TPSA) is 60.8 Å². The summed E-state index contributed by atoms with van der Waals surface area (Å²) < 4.78 is 26.5. The van der Waals surface area contributed by atoms with E-state index in [1.807, 2.05) is 18.2 Å². The minimum absolute atomic E-state index is 0.0937. The first-order valence-corrected chi connectivity index (χ1v) is 7.43. The van der Waals surface area contributed by atoms with Crippen LogP contribution in [0.1, 0.15) is 24.8 Å². The number of hydrogen-bond donors (Lipinski definition) is 2. The van der Waals surface area contributed by atoms with Crippen molar-refractivity contribution in [3.8, 4) is 0 Å². The molecular weight excluding hydrogens is 292 g/mol. The maximum absolute atomic E-state index is 13.3. The van der Waals surface area contributed by atoms with Crippen molar-refractivity contribution >= 4 is 6.09 Å². The van der Waals surface area contributed by atoms with Gasteiger partial charge in [-0.2, -0.15) is 0 Å². The monoisotopic (exact) mass is 313 g/mol. The van der Waals surface area contributed by atoms with Crippen LogP contribution in [0.4, 0.5) is 13.6 Å². The highest BCUT2D eigenvalue weighted by Crippen LogP contribution is 2.34. The summed E-state index contributed by atoms with van der Waals surface area (Å²) in [4.78, 5) is 12.6. The number of halogens is 2. The molecule has 1 aliphatic rings. The first-order chi connectivity index (χ1) is 10.5. The highest BCUT2D eigenvalue weighted by atomic mass is 19.2. The number of aliphatic hydroxyl groups excluding tert-OH is 1. The average molecular weight is 313 g/mol. The molecule has 4 atom stereocenters. The van der Waals surface area contributed by atoms with Crippen LogP contribution in [0, 0.1) is 5.92 Å². The number of rotatable bonds is 6. The molecule has 1 fully saturated rings. The smallest absolute Gasteiger partial charge is 0.407 e. The second-order valence-corrected chi connectivity index (χ2v) is 5.84. The molecule has 4 nitrogen and oxygen atoms in total. The molecule has 1 aromatic carbocycles. The quantitative estimate of drug-likeness (QED) is 0.849. The van der Waals surface area contributed by atoms with Gasteiger partial charge in [0, 0.05) is 6.54 Å². The zero-order valence-electron chi connectivity index (χ0n) is 12.2. The molecular formula is C16H21F2NO3. The number of carboxylic acid groups (broad SMARTS) is 1. The molecule has 0 heterocycles. The molecule has 1 amide bonds. The first kappa shape index (κ1) is 16.7. The van der Waals surface area contributed by atoms with Gasteiger partial charge in [-0.05, 0) is 30.7 Å². The summed E-state index contributed by atoms with van der Waals surface area (Å²) in [7, 11) is 0. The first-order valence-electron chi connectivity index (χ1n) is 7.43. The molecule has 0 spiro atoms. The van der Waals surface area contributed by atoms with E-state index in [0.717, 1.165) is 10.5 Å². The molecule has 2 N–H and O–H groups in total. The molecule has 0 aliphatic heterocycles. The number of nitrogens with zero attached hydrogens (tertiary/aromatic N) is 1. The minimum Gasteiger partial charge on any atom is -0.465 e. The van der Waals surface area contributed by atoms with Crippen molar-refractivity contribution in [1.29, 1.82) is 0 Å². The van der Waals surface area contributed by atoms with Gasteiger partial charge in [0.25, 0.3) is 0 Å². The molecule has 1 aliphatic carbocycles. The van der Waals surface area contributed by atoms with Crippen LogP contribution < -0.4 is 0 Å². The van der Waals surface area contributed by atoms with Crippen molar-refractivity contribution in [1.82, 2.24) is 4.90 Å². The van der Waals surface area contributed by atoms with E-state index in [9.17, 15) is 23.8 Å². The molecule has 22 heavy (non-hydrogen) atoms. The van der Waals surface area contributed by atoms with E-state index in [4.69, 9.17) is 0 Å². The zero-order valence-corrected chi connectivity index (χ0v) is 12.2. The van der Waals surface area contributed by atoms with Crippen LogP contribution in [0.25, 0.3) is 0 Å². The highest BCUT2D eigenvalue weighted by molar-refractivity contribution is 5.65. The van der Waals surface area contributed by atoms with Crippen LogP contribution in [0.2, 0.25) is 0 Å². The van der Waals surface area contributed by atoms with E-state index in [2.05, 4.69) is 0 Å². The van der Waals surface area contributed by atoms with Gasteiger partial charge in [0.1, 0.15) is 12.3 Å². The Labute approximate surface area is 128 Å². The van der Waals surface area contributed by atoms with E-state index in [-0.39, 0.29) is 38.3 Å². The SMILES string of the molecule is O=C(O)N(Cc1ccccc1)[C@H](CO)CC1C[C@@H](F)[C@@H](F)C1. The zero-order chi connectivity index (χ0) is 16.1. The van der Waals surface area contributed by atoms with Crippen molar-refractivity contribution in [3.63, 3.8) is 0 Å². The maximum atomic E-state index is 13.3. The largest absolute Gasteiger partial charge is 0.465 e. The van der Waals surface area contributed by atoms with Crippen LogP contribution in [0.3, 0.4) is 0 Å². The lowest BCUT2D eigenvalue weighted by Crippen LogP contribution is -2.42. The fourth-order valence-electron chi connectivity index (χ4n) is 3.04. The van der Waals surface area contributed by atoms with Crippen molar-refractivity contribution in [3.05, 3.63) is 35.9 Å². The Kier molecular flexibility index (Phi) is 5.71. The Morgan fingerprint density at radius 1 is 1.23 bits per heavy atom. The number of carbonyl (C=O) groups is 1. The summed E-state index contributed by atoms with van der Waals surface area (Å²) in [6, 6.07) is 8.40. The van der Waals surface area contributed by atoms with E-state index < -0.39 is 24.5 Å². The Balaban J connectivity index is 2.03. The highest BCUT2D eigenvalue weighted by Gasteiger charge is 2.37. The van der Waals surface area contributed by atoms with Crippen LogP contribution in [0.5, 0.6) is 0 Å². The lowest BCUT2D eigenvalue weighted by atomic mass is 9.97. The fourth-order valence-corrected chi connectivity index (χ4v) is 3.04. The summed E-state index contributed by atoms with van der Waals surface area (Å²) in [5.41, 5.74) is 0.807. The fraction of sp³-hybridized carbons (Fsp3) is 0.562. The number of alkyl halides is 2. The maximum Gasteiger partial charge on any atom is 0.407 e. The van der Waals surface area contributed by atoms with Gasteiger partial charge in [-0.1, -0.05) is 30.3 Å². The van der Waals surface area contributed by atoms with E-state index in [0.29, 0.717) is 0 Å². The third-order valence-corrected chi connectivity index (χ3v) is 4.21. The summed E-state index contributed by atoms with van der Waals surface area (Å²) in [5.74, 6) is -0.236. The number of hydrogen-bond acceptors (Lipinski definition) is 2. The van der Waals surface area contributed by atoms with Gasteiger partial charge >= 0.3 is 6.09 Å².